The lowest BCUT2D eigenvalue weighted by Gasteiger charge is -2.12. The first-order chi connectivity index (χ1) is 32.5. The van der Waals surface area contributed by atoms with E-state index in [1.165, 1.54) is 50.1 Å². The van der Waals surface area contributed by atoms with Crippen molar-refractivity contribution in [2.75, 3.05) is 21.3 Å². The Kier molecular flexibility index (Phi) is 11.8. The van der Waals surface area contributed by atoms with Crippen molar-refractivity contribution in [2.45, 2.75) is 0 Å². The van der Waals surface area contributed by atoms with Crippen molar-refractivity contribution < 1.29 is 14.2 Å². The third-order valence-corrected chi connectivity index (χ3v) is 12.3. The molecule has 0 radical (unpaired) electrons. The van der Waals surface area contributed by atoms with Gasteiger partial charge in [0.05, 0.1) is 21.3 Å². The average Bonchev–Trinajstić information content (AvgIpc) is 3.71. The number of ether oxygens (including phenoxy) is 3. The number of hydrogen-bond donors (Lipinski definition) is 0. The molecule has 0 spiro atoms. The molecule has 0 N–H and O–H groups in total. The summed E-state index contributed by atoms with van der Waals surface area (Å²) in [5.41, 5.74) is 20.8. The number of hydrogen-bond acceptors (Lipinski definition) is 3. The predicted molar refractivity (Wildman–Crippen MR) is 278 cm³/mol. The van der Waals surface area contributed by atoms with Gasteiger partial charge in [0.15, 0.2) is 0 Å². The van der Waals surface area contributed by atoms with Crippen LogP contribution >= 0.6 is 0 Å². The summed E-state index contributed by atoms with van der Waals surface area (Å²) in [5, 5.41) is 0. The summed E-state index contributed by atoms with van der Waals surface area (Å²) < 4.78 is 16.6. The molecule has 0 amide bonds. The maximum atomic E-state index is 5.55. The zero-order valence-corrected chi connectivity index (χ0v) is 37.2. The second kappa shape index (κ2) is 18.8. The number of methoxy groups -OCH3 is 3. The van der Waals surface area contributed by atoms with Gasteiger partial charge in [-0.25, -0.2) is 0 Å². The van der Waals surface area contributed by atoms with E-state index in [1.54, 1.807) is 21.3 Å². The second-order valence-corrected chi connectivity index (χ2v) is 16.4. The van der Waals surface area contributed by atoms with Gasteiger partial charge in [0, 0.05) is 0 Å². The van der Waals surface area contributed by atoms with Crippen molar-refractivity contribution in [3.05, 3.63) is 234 Å². The molecule has 0 atom stereocenters. The van der Waals surface area contributed by atoms with Gasteiger partial charge < -0.3 is 14.2 Å². The molecule has 0 saturated carbocycles. The highest BCUT2D eigenvalue weighted by Crippen LogP contribution is 2.47. The fraction of sp³-hybridized carbons (Fsp3) is 0.0476. The van der Waals surface area contributed by atoms with Crippen molar-refractivity contribution in [1.82, 2.24) is 0 Å². The lowest BCUT2D eigenvalue weighted by atomic mass is 9.91. The summed E-state index contributed by atoms with van der Waals surface area (Å²) in [4.78, 5) is 0. The molecular formula is C63H48O3. The number of rotatable bonds is 12. The normalized spacial score (nSPS) is 11.7. The Balaban J connectivity index is 1.18. The van der Waals surface area contributed by atoms with E-state index in [4.69, 9.17) is 14.2 Å². The molecule has 6 aliphatic rings. The molecule has 6 aliphatic carbocycles. The van der Waals surface area contributed by atoms with Gasteiger partial charge in [-0.3, -0.25) is 0 Å². The van der Waals surface area contributed by atoms with Crippen molar-refractivity contribution in [3.63, 3.8) is 0 Å². The highest BCUT2D eigenvalue weighted by atomic mass is 16.5. The van der Waals surface area contributed by atoms with Crippen LogP contribution in [0.2, 0.25) is 0 Å². The van der Waals surface area contributed by atoms with Crippen molar-refractivity contribution in [2.24, 2.45) is 0 Å². The lowest BCUT2D eigenvalue weighted by molar-refractivity contribution is 0.414. The van der Waals surface area contributed by atoms with E-state index in [-0.39, 0.29) is 0 Å². The van der Waals surface area contributed by atoms with Gasteiger partial charge in [-0.05, 0) is 173 Å². The molecule has 4 aromatic rings. The topological polar surface area (TPSA) is 27.7 Å². The monoisotopic (exact) mass is 852 g/mol. The zero-order chi connectivity index (χ0) is 44.8. The minimum Gasteiger partial charge on any atom is -0.497 e. The maximum absolute atomic E-state index is 5.55. The highest BCUT2D eigenvalue weighted by molar-refractivity contribution is 6.02. The van der Waals surface area contributed by atoms with Crippen LogP contribution in [-0.4, -0.2) is 21.3 Å². The summed E-state index contributed by atoms with van der Waals surface area (Å²) in [7, 11) is 5.12. The zero-order valence-electron chi connectivity index (χ0n) is 37.2. The van der Waals surface area contributed by atoms with Crippen LogP contribution in [0.15, 0.2) is 200 Å². The highest BCUT2D eigenvalue weighted by Gasteiger charge is 2.22. The van der Waals surface area contributed by atoms with Gasteiger partial charge in [-0.1, -0.05) is 164 Å². The molecule has 4 aromatic carbocycles. The van der Waals surface area contributed by atoms with E-state index in [1.807, 2.05) is 36.4 Å². The van der Waals surface area contributed by atoms with E-state index < -0.39 is 0 Å². The number of benzene rings is 4. The summed E-state index contributed by atoms with van der Waals surface area (Å²) in [6, 6.07) is 71.3. The van der Waals surface area contributed by atoms with Gasteiger partial charge in [-0.2, -0.15) is 0 Å². The molecular weight excluding hydrogens is 805 g/mol. The minimum absolute atomic E-state index is 0.834. The largest absolute Gasteiger partial charge is 0.497 e. The summed E-state index contributed by atoms with van der Waals surface area (Å²) in [5.74, 6) is 2.50. The summed E-state index contributed by atoms with van der Waals surface area (Å²) >= 11 is 0. The molecule has 0 aliphatic heterocycles. The average molecular weight is 853 g/mol. The van der Waals surface area contributed by atoms with Crippen LogP contribution in [0.25, 0.3) is 103 Å². The second-order valence-electron chi connectivity index (χ2n) is 16.4. The van der Waals surface area contributed by atoms with Crippen molar-refractivity contribution >= 4 is 36.5 Å². The first-order valence-electron chi connectivity index (χ1n) is 22.2. The van der Waals surface area contributed by atoms with Crippen LogP contribution < -0.4 is 14.2 Å². The van der Waals surface area contributed by atoms with Crippen LogP contribution in [0.3, 0.4) is 0 Å². The minimum atomic E-state index is 0.834. The fourth-order valence-corrected chi connectivity index (χ4v) is 9.05. The third kappa shape index (κ3) is 8.63. The first kappa shape index (κ1) is 41.6. The number of fused-ring (bicyclic) bond motifs is 3. The van der Waals surface area contributed by atoms with Crippen LogP contribution in [0.5, 0.6) is 17.2 Å². The molecule has 3 heteroatoms. The van der Waals surface area contributed by atoms with Gasteiger partial charge in [0.25, 0.3) is 0 Å². The Bertz CT molecular complexity index is 2970. The van der Waals surface area contributed by atoms with Crippen LogP contribution in [0, 0.1) is 0 Å². The van der Waals surface area contributed by atoms with Crippen LogP contribution in [0.4, 0.5) is 0 Å². The first-order valence-corrected chi connectivity index (χ1v) is 22.2. The van der Waals surface area contributed by atoms with Crippen LogP contribution in [0.1, 0.15) is 33.4 Å². The molecule has 0 unspecified atom stereocenters. The van der Waals surface area contributed by atoms with Gasteiger partial charge >= 0.3 is 0 Å². The Hall–Kier alpha value is -8.40. The smallest absolute Gasteiger partial charge is 0.119 e. The predicted octanol–water partition coefficient (Wildman–Crippen LogP) is 16.5. The molecule has 0 fully saturated rings. The molecule has 318 valence electrons. The van der Waals surface area contributed by atoms with Gasteiger partial charge in [-0.15, -0.1) is 0 Å². The van der Waals surface area contributed by atoms with Crippen molar-refractivity contribution in [1.29, 1.82) is 0 Å². The van der Waals surface area contributed by atoms with E-state index in [9.17, 15) is 0 Å². The standard InChI is InChI=1S/C63H48O3/c1-64-52-19-13-16-43(34-52)28-31-46-40-61(58-25-10-4-7-22-55(46)58)49-37-50(62-41-47(56-23-8-5-11-26-59(56)62)32-29-44-17-14-20-53(35-44)65-2)39-51(38-49)63-42-48(57-24-9-6-12-27-60(57)63)33-30-45-18-15-21-54(36-45)66-3/h4-42H,1-3H3/b31-28+,32-29+,33-30+. The Labute approximate surface area is 387 Å². The molecule has 66 heavy (non-hydrogen) atoms. The van der Waals surface area contributed by atoms with Crippen molar-refractivity contribution in [3.8, 4) is 84.0 Å². The van der Waals surface area contributed by atoms with Gasteiger partial charge in [0.1, 0.15) is 17.2 Å². The van der Waals surface area contributed by atoms with E-state index in [0.717, 1.165) is 67.3 Å². The molecule has 0 heterocycles. The molecule has 10 rings (SSSR count). The summed E-state index contributed by atoms with van der Waals surface area (Å²) in [6.45, 7) is 0. The van der Waals surface area contributed by atoms with E-state index in [0.29, 0.717) is 0 Å². The molecule has 0 bridgehead atoms. The van der Waals surface area contributed by atoms with Gasteiger partial charge in [0.2, 0.25) is 0 Å². The lowest BCUT2D eigenvalue weighted by Crippen LogP contribution is -1.86. The fourth-order valence-electron chi connectivity index (χ4n) is 9.05. The third-order valence-electron chi connectivity index (χ3n) is 12.3. The summed E-state index contributed by atoms with van der Waals surface area (Å²) in [6.07, 6.45) is 13.2. The SMILES string of the molecule is COc1cccc(/C=C/c2cc(-c3cc(-c4cc(/C=C/c5cccc(OC)c5)c5cccccc4-5)cc(-c4cc(/C=C/c5cccc(OC)c5)c5cccccc4-5)c3)c3cccccc2-3)c1. The van der Waals surface area contributed by atoms with E-state index >= 15 is 0 Å². The van der Waals surface area contributed by atoms with E-state index in [2.05, 4.69) is 200 Å². The quantitative estimate of drug-likeness (QED) is 0.123. The Morgan fingerprint density at radius 3 is 0.818 bits per heavy atom. The maximum Gasteiger partial charge on any atom is 0.119 e. The Morgan fingerprint density at radius 1 is 0.242 bits per heavy atom. The molecule has 0 saturated heterocycles. The van der Waals surface area contributed by atoms with Crippen LogP contribution in [-0.2, 0) is 0 Å². The Morgan fingerprint density at radius 2 is 0.530 bits per heavy atom. The molecule has 3 nitrogen and oxygen atoms in total. The molecule has 0 aromatic heterocycles.